The van der Waals surface area contributed by atoms with Gasteiger partial charge < -0.3 is 25.2 Å². The summed E-state index contributed by atoms with van der Waals surface area (Å²) in [4.78, 5) is 45.9. The Kier molecular flexibility index (Phi) is 37.5. The lowest BCUT2D eigenvalue weighted by molar-refractivity contribution is -0.161. The molecule has 0 heterocycles. The molecule has 0 aliphatic rings. The fourth-order valence-electron chi connectivity index (χ4n) is 5.62. The van der Waals surface area contributed by atoms with Crippen molar-refractivity contribution >= 4 is 25.7 Å². The average molecular weight is 812 g/mol. The van der Waals surface area contributed by atoms with E-state index in [1.54, 1.807) is 0 Å². The predicted octanol–water partition coefficient (Wildman–Crippen LogP) is 11.4. The standard InChI is InChI=1S/C44H78NO10P/c1-3-5-7-9-11-13-15-17-19-20-22-23-25-27-29-31-33-35-42(46)52-37-40(38-53-56(50,51)54-39-41(45)44(48)49)55-43(47)36-34-32-30-28-26-24-21-18-16-14-12-10-8-6-4-2/h14,16,18,21-23,27,29,40-41H,3-13,15,17,19-20,24-26,28,30-39,45H2,1-2H3,(H,48,49)(H,50,51)/b16-14+,21-18+,23-22+,29-27+/t40-,41+/m1/s1. The van der Waals surface area contributed by atoms with Gasteiger partial charge >= 0.3 is 25.7 Å². The number of unbranched alkanes of at least 4 members (excludes halogenated alkanes) is 19. The predicted molar refractivity (Wildman–Crippen MR) is 226 cm³/mol. The van der Waals surface area contributed by atoms with Crippen LogP contribution in [0.4, 0.5) is 0 Å². The molecular weight excluding hydrogens is 733 g/mol. The number of phosphoric ester groups is 1. The fraction of sp³-hybridized carbons (Fsp3) is 0.750. The maximum absolute atomic E-state index is 12.6. The second-order valence-corrected chi connectivity index (χ2v) is 16.0. The van der Waals surface area contributed by atoms with E-state index in [1.807, 2.05) is 6.08 Å². The first-order valence-corrected chi connectivity index (χ1v) is 23.2. The summed E-state index contributed by atoms with van der Waals surface area (Å²) in [5, 5.41) is 8.88. The lowest BCUT2D eigenvalue weighted by Crippen LogP contribution is -2.34. The van der Waals surface area contributed by atoms with Crippen molar-refractivity contribution in [2.24, 2.45) is 5.73 Å². The van der Waals surface area contributed by atoms with Crippen molar-refractivity contribution in [3.05, 3.63) is 48.6 Å². The van der Waals surface area contributed by atoms with Crippen molar-refractivity contribution in [3.8, 4) is 0 Å². The summed E-state index contributed by atoms with van der Waals surface area (Å²) in [7, 11) is -4.73. The Morgan fingerprint density at radius 2 is 1.02 bits per heavy atom. The largest absolute Gasteiger partial charge is 0.480 e. The number of phosphoric acid groups is 1. The van der Waals surface area contributed by atoms with E-state index >= 15 is 0 Å². The second-order valence-electron chi connectivity index (χ2n) is 14.5. The van der Waals surface area contributed by atoms with Gasteiger partial charge in [0.2, 0.25) is 0 Å². The van der Waals surface area contributed by atoms with Crippen LogP contribution in [-0.4, -0.2) is 59.9 Å². The zero-order valence-electron chi connectivity index (χ0n) is 35.0. The fourth-order valence-corrected chi connectivity index (χ4v) is 6.40. The molecule has 0 spiro atoms. The van der Waals surface area contributed by atoms with E-state index in [9.17, 15) is 23.8 Å². The lowest BCUT2D eigenvalue weighted by atomic mass is 10.1. The number of nitrogens with two attached hydrogens (primary N) is 1. The molecule has 0 aromatic heterocycles. The van der Waals surface area contributed by atoms with E-state index in [0.29, 0.717) is 19.3 Å². The van der Waals surface area contributed by atoms with Crippen molar-refractivity contribution < 1.29 is 47.5 Å². The summed E-state index contributed by atoms with van der Waals surface area (Å²) in [6.45, 7) is 2.72. The van der Waals surface area contributed by atoms with Gasteiger partial charge in [-0.15, -0.1) is 0 Å². The molecule has 0 saturated carbocycles. The summed E-state index contributed by atoms with van der Waals surface area (Å²) in [6.07, 6.45) is 43.3. The van der Waals surface area contributed by atoms with Gasteiger partial charge in [0.1, 0.15) is 12.6 Å². The Bertz CT molecular complexity index is 1140. The Labute approximate surface area is 339 Å². The molecule has 0 aromatic rings. The highest BCUT2D eigenvalue weighted by molar-refractivity contribution is 7.47. The monoisotopic (exact) mass is 812 g/mol. The first-order valence-electron chi connectivity index (χ1n) is 21.7. The number of ether oxygens (including phenoxy) is 2. The molecule has 0 radical (unpaired) electrons. The van der Waals surface area contributed by atoms with Crippen LogP contribution in [-0.2, 0) is 37.5 Å². The van der Waals surface area contributed by atoms with Gasteiger partial charge in [-0.2, -0.15) is 0 Å². The molecule has 11 nitrogen and oxygen atoms in total. The van der Waals surface area contributed by atoms with Crippen LogP contribution in [0.25, 0.3) is 0 Å². The summed E-state index contributed by atoms with van der Waals surface area (Å²) >= 11 is 0. The third-order valence-corrected chi connectivity index (χ3v) is 10.0. The molecule has 4 N–H and O–H groups in total. The number of aliphatic carboxylic acids is 1. The van der Waals surface area contributed by atoms with Gasteiger partial charge in [0.15, 0.2) is 6.10 Å². The van der Waals surface area contributed by atoms with Gasteiger partial charge in [-0.05, 0) is 64.2 Å². The Morgan fingerprint density at radius 1 is 0.571 bits per heavy atom. The Morgan fingerprint density at radius 3 is 1.57 bits per heavy atom. The minimum Gasteiger partial charge on any atom is -0.480 e. The molecule has 12 heteroatoms. The van der Waals surface area contributed by atoms with Crippen LogP contribution in [0.1, 0.15) is 181 Å². The first kappa shape index (κ1) is 53.4. The molecule has 0 saturated heterocycles. The number of carbonyl (C=O) groups excluding carboxylic acids is 2. The number of esters is 2. The van der Waals surface area contributed by atoms with E-state index in [4.69, 9.17) is 24.8 Å². The molecule has 0 bridgehead atoms. The SMILES string of the molecule is CCCCCC/C=C/C=C/CCCCCCCC(=O)O[C@H](COC(=O)CCC/C=C/C/C=C/CCCCCCCCCCC)COP(=O)(O)OC[C@H](N)C(=O)O. The summed E-state index contributed by atoms with van der Waals surface area (Å²) in [6, 6.07) is -1.53. The molecule has 324 valence electrons. The van der Waals surface area contributed by atoms with Gasteiger partial charge in [-0.25, -0.2) is 4.57 Å². The normalized spacial score (nSPS) is 14.2. The first-order chi connectivity index (χ1) is 27.1. The zero-order chi connectivity index (χ0) is 41.4. The summed E-state index contributed by atoms with van der Waals surface area (Å²) in [5.74, 6) is -2.46. The number of hydrogen-bond donors (Lipinski definition) is 3. The molecule has 1 unspecified atom stereocenters. The van der Waals surface area contributed by atoms with Crippen molar-refractivity contribution in [3.63, 3.8) is 0 Å². The number of rotatable bonds is 40. The molecule has 3 atom stereocenters. The third kappa shape index (κ3) is 38.3. The average Bonchev–Trinajstić information content (AvgIpc) is 3.17. The third-order valence-electron chi connectivity index (χ3n) is 9.08. The smallest absolute Gasteiger partial charge is 0.472 e. The van der Waals surface area contributed by atoms with Crippen LogP contribution >= 0.6 is 7.82 Å². The van der Waals surface area contributed by atoms with E-state index < -0.39 is 51.1 Å². The van der Waals surface area contributed by atoms with E-state index in [1.165, 1.54) is 83.5 Å². The summed E-state index contributed by atoms with van der Waals surface area (Å²) in [5.41, 5.74) is 5.33. The van der Waals surface area contributed by atoms with Crippen LogP contribution in [0.3, 0.4) is 0 Å². The molecule has 0 amide bonds. The Hall–Kier alpha value is -2.56. The number of carboxylic acid groups (broad SMARTS) is 1. The van der Waals surface area contributed by atoms with Gasteiger partial charge in [0.05, 0.1) is 13.2 Å². The number of carbonyl (C=O) groups is 3. The molecule has 0 aromatic carbocycles. The second kappa shape index (κ2) is 39.3. The van der Waals surface area contributed by atoms with Gasteiger partial charge in [-0.3, -0.25) is 23.4 Å². The van der Waals surface area contributed by atoms with Crippen molar-refractivity contribution in [2.45, 2.75) is 193 Å². The van der Waals surface area contributed by atoms with Gasteiger partial charge in [0.25, 0.3) is 0 Å². The molecular formula is C44H78NO10P. The quantitative estimate of drug-likeness (QED) is 0.0177. The van der Waals surface area contributed by atoms with Gasteiger partial charge in [0, 0.05) is 12.8 Å². The topological polar surface area (TPSA) is 172 Å². The minimum atomic E-state index is -4.73. The molecule has 56 heavy (non-hydrogen) atoms. The summed E-state index contributed by atoms with van der Waals surface area (Å²) < 4.78 is 32.6. The minimum absolute atomic E-state index is 0.134. The number of allylic oxidation sites excluding steroid dienone is 8. The van der Waals surface area contributed by atoms with E-state index in [-0.39, 0.29) is 19.4 Å². The van der Waals surface area contributed by atoms with Crippen LogP contribution < -0.4 is 5.73 Å². The zero-order valence-corrected chi connectivity index (χ0v) is 35.9. The highest BCUT2D eigenvalue weighted by Gasteiger charge is 2.28. The van der Waals surface area contributed by atoms with Gasteiger partial charge in [-0.1, -0.05) is 152 Å². The lowest BCUT2D eigenvalue weighted by Gasteiger charge is -2.20. The number of hydrogen-bond acceptors (Lipinski definition) is 9. The van der Waals surface area contributed by atoms with Crippen molar-refractivity contribution in [1.82, 2.24) is 0 Å². The van der Waals surface area contributed by atoms with Crippen LogP contribution in [0.15, 0.2) is 48.6 Å². The highest BCUT2D eigenvalue weighted by Crippen LogP contribution is 2.43. The maximum Gasteiger partial charge on any atom is 0.472 e. The van der Waals surface area contributed by atoms with Crippen molar-refractivity contribution in [1.29, 1.82) is 0 Å². The Balaban J connectivity index is 4.46. The molecule has 0 aliphatic heterocycles. The van der Waals surface area contributed by atoms with Crippen LogP contribution in [0.5, 0.6) is 0 Å². The highest BCUT2D eigenvalue weighted by atomic mass is 31.2. The van der Waals surface area contributed by atoms with Crippen LogP contribution in [0, 0.1) is 0 Å². The van der Waals surface area contributed by atoms with Crippen LogP contribution in [0.2, 0.25) is 0 Å². The number of carboxylic acids is 1. The maximum atomic E-state index is 12.6. The van der Waals surface area contributed by atoms with E-state index in [0.717, 1.165) is 51.4 Å². The van der Waals surface area contributed by atoms with Crippen molar-refractivity contribution in [2.75, 3.05) is 19.8 Å². The molecule has 0 aliphatic carbocycles. The van der Waals surface area contributed by atoms with E-state index in [2.05, 4.69) is 60.9 Å². The molecule has 0 rings (SSSR count). The molecule has 0 fully saturated rings.